The van der Waals surface area contributed by atoms with E-state index < -0.39 is 19.9 Å². The summed E-state index contributed by atoms with van der Waals surface area (Å²) in [5.74, 6) is 0. The number of anilines is 1. The zero-order valence-electron chi connectivity index (χ0n) is 12.2. The van der Waals surface area contributed by atoms with Crippen molar-refractivity contribution >= 4 is 43.9 Å². The molecule has 24 heavy (non-hydrogen) atoms. The maximum absolute atomic E-state index is 12.4. The minimum Gasteiger partial charge on any atom is -0.357 e. The van der Waals surface area contributed by atoms with E-state index in [0.29, 0.717) is 0 Å². The van der Waals surface area contributed by atoms with Gasteiger partial charge in [0.1, 0.15) is 0 Å². The van der Waals surface area contributed by atoms with Crippen molar-refractivity contribution in [3.63, 3.8) is 0 Å². The molecule has 2 aromatic carbocycles. The average molecular weight is 388 g/mol. The van der Waals surface area contributed by atoms with Crippen LogP contribution in [-0.4, -0.2) is 18.5 Å². The number of aryl methyl sites for hydroxylation is 1. The van der Waals surface area contributed by atoms with E-state index in [1.54, 1.807) is 6.92 Å². The molecular formula is C14H11Cl2N3O4S. The molecule has 0 saturated heterocycles. The average Bonchev–Trinajstić information content (AvgIpc) is 2.46. The maximum atomic E-state index is 12.4. The zero-order chi connectivity index (χ0) is 17.9. The van der Waals surface area contributed by atoms with E-state index in [1.807, 2.05) is 0 Å². The third-order valence-electron chi connectivity index (χ3n) is 2.87. The highest BCUT2D eigenvalue weighted by Gasteiger charge is 2.34. The Morgan fingerprint density at radius 3 is 2.17 bits per heavy atom. The van der Waals surface area contributed by atoms with Gasteiger partial charge in [0.15, 0.2) is 0 Å². The monoisotopic (exact) mass is 387 g/mol. The molecule has 0 amide bonds. The second-order valence-corrected chi connectivity index (χ2v) is 7.45. The molecule has 2 rings (SSSR count). The van der Waals surface area contributed by atoms with Crippen LogP contribution in [0.4, 0.5) is 5.69 Å². The molecule has 0 unspecified atom stereocenters. The Balaban J connectivity index is 2.41. The standard InChI is InChI=1S/C14H11Cl2N3O4S/c1-9-2-4-13(5-3-9)24(22,23)14(19(20)21)18-17-12-7-10(15)6-11(16)8-12/h2-8,17H,1H3/b18-14-. The number of hydrazone groups is 1. The molecule has 0 aliphatic carbocycles. The van der Waals surface area contributed by atoms with Gasteiger partial charge in [-0.15, -0.1) is 0 Å². The second-order valence-electron chi connectivity index (χ2n) is 4.74. The van der Waals surface area contributed by atoms with Crippen molar-refractivity contribution in [1.29, 1.82) is 0 Å². The molecule has 10 heteroatoms. The SMILES string of the molecule is Cc1ccc(S(=O)(=O)/C(=N\Nc2cc(Cl)cc(Cl)c2)[N+](=O)[O-])cc1. The number of benzene rings is 2. The Hall–Kier alpha value is -2.16. The van der Waals surface area contributed by atoms with Gasteiger partial charge >= 0.3 is 5.17 Å². The van der Waals surface area contributed by atoms with Crippen molar-refractivity contribution in [3.8, 4) is 0 Å². The minimum absolute atomic E-state index is 0.214. The normalized spacial score (nSPS) is 12.0. The van der Waals surface area contributed by atoms with E-state index in [0.717, 1.165) is 5.56 Å². The molecule has 7 nitrogen and oxygen atoms in total. The molecule has 0 spiro atoms. The van der Waals surface area contributed by atoms with Crippen LogP contribution in [-0.2, 0) is 9.84 Å². The summed E-state index contributed by atoms with van der Waals surface area (Å²) < 4.78 is 24.8. The Morgan fingerprint density at radius 2 is 1.67 bits per heavy atom. The van der Waals surface area contributed by atoms with Crippen LogP contribution in [0.3, 0.4) is 0 Å². The van der Waals surface area contributed by atoms with Crippen LogP contribution < -0.4 is 5.43 Å². The molecular weight excluding hydrogens is 377 g/mol. The summed E-state index contributed by atoms with van der Waals surface area (Å²) in [4.78, 5) is 9.84. The van der Waals surface area contributed by atoms with Crippen LogP contribution in [0.2, 0.25) is 10.0 Å². The molecule has 1 N–H and O–H groups in total. The minimum atomic E-state index is -4.39. The first-order chi connectivity index (χ1) is 11.2. The highest BCUT2D eigenvalue weighted by atomic mass is 35.5. The number of amidine groups is 1. The van der Waals surface area contributed by atoms with Gasteiger partial charge in [0.2, 0.25) is 0 Å². The van der Waals surface area contributed by atoms with Gasteiger partial charge in [-0.2, -0.15) is 5.43 Å². The van der Waals surface area contributed by atoms with Crippen molar-refractivity contribution in [2.24, 2.45) is 5.10 Å². The quantitative estimate of drug-likeness (QED) is 0.374. The van der Waals surface area contributed by atoms with Gasteiger partial charge in [-0.25, -0.2) is 8.42 Å². The van der Waals surface area contributed by atoms with Crippen molar-refractivity contribution in [3.05, 3.63) is 68.2 Å². The van der Waals surface area contributed by atoms with Crippen molar-refractivity contribution < 1.29 is 13.3 Å². The van der Waals surface area contributed by atoms with Crippen LogP contribution in [0.1, 0.15) is 5.56 Å². The lowest BCUT2D eigenvalue weighted by molar-refractivity contribution is -0.344. The number of hydrogen-bond acceptors (Lipinski definition) is 6. The van der Waals surface area contributed by atoms with E-state index in [2.05, 4.69) is 10.5 Å². The van der Waals surface area contributed by atoms with E-state index in [4.69, 9.17) is 23.2 Å². The first kappa shape index (κ1) is 18.2. The number of sulfone groups is 1. The Kier molecular flexibility index (Phi) is 5.43. The molecule has 0 radical (unpaired) electrons. The first-order valence-electron chi connectivity index (χ1n) is 6.46. The van der Waals surface area contributed by atoms with E-state index in [9.17, 15) is 18.5 Å². The zero-order valence-corrected chi connectivity index (χ0v) is 14.6. The summed E-state index contributed by atoms with van der Waals surface area (Å²) in [5.41, 5.74) is 3.33. The smallest absolute Gasteiger partial charge is 0.357 e. The number of nitrogens with one attached hydrogen (secondary N) is 1. The van der Waals surface area contributed by atoms with Crippen molar-refractivity contribution in [2.45, 2.75) is 11.8 Å². The highest BCUT2D eigenvalue weighted by Crippen LogP contribution is 2.23. The first-order valence-corrected chi connectivity index (χ1v) is 8.70. The number of hydrogen-bond donors (Lipinski definition) is 1. The maximum Gasteiger partial charge on any atom is 0.484 e. The molecule has 0 heterocycles. The lowest BCUT2D eigenvalue weighted by Crippen LogP contribution is -2.25. The molecule has 0 fully saturated rings. The van der Waals surface area contributed by atoms with E-state index >= 15 is 0 Å². The van der Waals surface area contributed by atoms with Crippen LogP contribution in [0.15, 0.2) is 52.5 Å². The fourth-order valence-electron chi connectivity index (χ4n) is 1.75. The van der Waals surface area contributed by atoms with Gasteiger partial charge in [0.05, 0.1) is 15.7 Å². The van der Waals surface area contributed by atoms with Crippen molar-refractivity contribution in [2.75, 3.05) is 5.43 Å². The topological polar surface area (TPSA) is 102 Å². The highest BCUT2D eigenvalue weighted by molar-refractivity contribution is 8.05. The van der Waals surface area contributed by atoms with E-state index in [-0.39, 0.29) is 20.6 Å². The third kappa shape index (κ3) is 4.22. The number of halogens is 2. The Labute approximate surface area is 148 Å². The lowest BCUT2D eigenvalue weighted by atomic mass is 10.2. The number of nitro groups is 1. The molecule has 0 atom stereocenters. The third-order valence-corrected chi connectivity index (χ3v) is 4.92. The molecule has 0 saturated carbocycles. The van der Waals surface area contributed by atoms with Gasteiger partial charge in [0.25, 0.3) is 9.84 Å². The Bertz CT molecular complexity index is 892. The van der Waals surface area contributed by atoms with Crippen LogP contribution in [0, 0.1) is 17.0 Å². The molecule has 2 aromatic rings. The summed E-state index contributed by atoms with van der Waals surface area (Å²) in [6, 6.07) is 9.87. The van der Waals surface area contributed by atoms with E-state index in [1.165, 1.54) is 42.5 Å². The number of nitrogens with zero attached hydrogens (tertiary/aromatic N) is 2. The summed E-state index contributed by atoms with van der Waals surface area (Å²) in [6.07, 6.45) is 0. The number of rotatable bonds is 3. The van der Waals surface area contributed by atoms with Crippen molar-refractivity contribution in [1.82, 2.24) is 0 Å². The second kappa shape index (κ2) is 7.16. The van der Waals surface area contributed by atoms with Crippen LogP contribution in [0.5, 0.6) is 0 Å². The molecule has 0 aliphatic rings. The fourth-order valence-corrected chi connectivity index (χ4v) is 3.35. The summed E-state index contributed by atoms with van der Waals surface area (Å²) in [7, 11) is -4.39. The van der Waals surface area contributed by atoms with Crippen LogP contribution >= 0.6 is 23.2 Å². The van der Waals surface area contributed by atoms with Gasteiger partial charge in [-0.05, 0) is 42.2 Å². The molecule has 126 valence electrons. The Morgan fingerprint density at radius 1 is 1.12 bits per heavy atom. The summed E-state index contributed by atoms with van der Waals surface area (Å²) >= 11 is 11.6. The molecule has 0 bridgehead atoms. The predicted octanol–water partition coefficient (Wildman–Crippen LogP) is 3.74. The fraction of sp³-hybridized carbons (Fsp3) is 0.0714. The van der Waals surface area contributed by atoms with Gasteiger partial charge in [0, 0.05) is 10.0 Å². The largest absolute Gasteiger partial charge is 0.484 e. The lowest BCUT2D eigenvalue weighted by Gasteiger charge is -2.03. The van der Waals surface area contributed by atoms with Gasteiger partial charge in [-0.1, -0.05) is 40.9 Å². The predicted molar refractivity (Wildman–Crippen MR) is 92.9 cm³/mol. The summed E-state index contributed by atoms with van der Waals surface area (Å²) in [5, 5.41) is 13.9. The molecule has 0 aliphatic heterocycles. The molecule has 0 aromatic heterocycles. The van der Waals surface area contributed by atoms with Gasteiger partial charge in [-0.3, -0.25) is 0 Å². The van der Waals surface area contributed by atoms with Crippen LogP contribution in [0.25, 0.3) is 0 Å². The summed E-state index contributed by atoms with van der Waals surface area (Å²) in [6.45, 7) is 1.77. The van der Waals surface area contributed by atoms with Gasteiger partial charge < -0.3 is 10.1 Å².